The Balaban J connectivity index is 1.66. The van der Waals surface area contributed by atoms with E-state index >= 15 is 0 Å². The lowest BCUT2D eigenvalue weighted by molar-refractivity contribution is 0.0349. The number of rotatable bonds is 2. The van der Waals surface area contributed by atoms with Crippen LogP contribution in [0.25, 0.3) is 0 Å². The maximum atomic E-state index is 13.8. The van der Waals surface area contributed by atoms with Crippen molar-refractivity contribution in [1.29, 1.82) is 0 Å². The standard InChI is InChI=1S/C20H20F2N2O2/c21-15-7-5-14(6-8-15)19-16-4-2-1-3-13(16)9-10-24(19)20(25)26-18-12-23-11-17(18)22/h1-8,17-19,23H,9-12H2/t17-,18-,19+/m1/s1. The summed E-state index contributed by atoms with van der Waals surface area (Å²) in [5.41, 5.74) is 2.94. The molecule has 2 aliphatic heterocycles. The minimum atomic E-state index is -1.19. The van der Waals surface area contributed by atoms with E-state index in [0.717, 1.165) is 16.7 Å². The zero-order valence-electron chi connectivity index (χ0n) is 14.2. The van der Waals surface area contributed by atoms with Gasteiger partial charge in [-0.2, -0.15) is 0 Å². The molecular formula is C20H20F2N2O2. The molecule has 0 unspecified atom stereocenters. The molecule has 0 bridgehead atoms. The number of benzene rings is 2. The van der Waals surface area contributed by atoms with Crippen LogP contribution in [0, 0.1) is 5.82 Å². The molecule has 3 atom stereocenters. The molecule has 4 nitrogen and oxygen atoms in total. The third-order valence-corrected chi connectivity index (χ3v) is 5.04. The number of amides is 1. The lowest BCUT2D eigenvalue weighted by Gasteiger charge is -2.37. The summed E-state index contributed by atoms with van der Waals surface area (Å²) in [6.45, 7) is 0.982. The minimum absolute atomic E-state index is 0.197. The van der Waals surface area contributed by atoms with Gasteiger partial charge in [-0.1, -0.05) is 36.4 Å². The van der Waals surface area contributed by atoms with Crippen LogP contribution in [0.15, 0.2) is 48.5 Å². The Kier molecular flexibility index (Phi) is 4.59. The van der Waals surface area contributed by atoms with Crippen molar-refractivity contribution in [3.63, 3.8) is 0 Å². The zero-order valence-corrected chi connectivity index (χ0v) is 14.2. The van der Waals surface area contributed by atoms with E-state index in [9.17, 15) is 13.6 Å². The molecule has 1 saturated heterocycles. The number of nitrogens with zero attached hydrogens (tertiary/aromatic N) is 1. The Morgan fingerprint density at radius 2 is 1.88 bits per heavy atom. The molecule has 0 saturated carbocycles. The first kappa shape index (κ1) is 17.0. The lowest BCUT2D eigenvalue weighted by Crippen LogP contribution is -2.43. The molecule has 1 N–H and O–H groups in total. The third kappa shape index (κ3) is 3.17. The highest BCUT2D eigenvalue weighted by Crippen LogP contribution is 2.35. The molecule has 1 fully saturated rings. The summed E-state index contributed by atoms with van der Waals surface area (Å²) >= 11 is 0. The van der Waals surface area contributed by atoms with E-state index in [1.54, 1.807) is 17.0 Å². The summed E-state index contributed by atoms with van der Waals surface area (Å²) in [7, 11) is 0. The molecule has 2 aliphatic rings. The van der Waals surface area contributed by atoms with Gasteiger partial charge in [-0.3, -0.25) is 4.90 Å². The highest BCUT2D eigenvalue weighted by molar-refractivity contribution is 5.70. The van der Waals surface area contributed by atoms with Gasteiger partial charge >= 0.3 is 6.09 Å². The van der Waals surface area contributed by atoms with Crippen molar-refractivity contribution in [3.8, 4) is 0 Å². The van der Waals surface area contributed by atoms with Crippen LogP contribution in [-0.2, 0) is 11.2 Å². The maximum Gasteiger partial charge on any atom is 0.410 e. The van der Waals surface area contributed by atoms with Gasteiger partial charge in [0.15, 0.2) is 6.17 Å². The molecule has 0 aromatic heterocycles. The second-order valence-corrected chi connectivity index (χ2v) is 6.69. The molecule has 136 valence electrons. The van der Waals surface area contributed by atoms with E-state index in [1.807, 2.05) is 24.3 Å². The first-order valence-corrected chi connectivity index (χ1v) is 8.79. The van der Waals surface area contributed by atoms with Crippen molar-refractivity contribution >= 4 is 6.09 Å². The van der Waals surface area contributed by atoms with E-state index in [4.69, 9.17) is 4.74 Å². The smallest absolute Gasteiger partial charge is 0.410 e. The summed E-state index contributed by atoms with van der Waals surface area (Å²) in [6, 6.07) is 13.6. The number of halogens is 2. The Hall–Kier alpha value is -2.47. The largest absolute Gasteiger partial charge is 0.442 e. The Labute approximate surface area is 150 Å². The van der Waals surface area contributed by atoms with Gasteiger partial charge < -0.3 is 10.1 Å². The number of carbonyl (C=O) groups excluding carboxylic acids is 1. The number of alkyl halides is 1. The number of fused-ring (bicyclic) bond motifs is 1. The van der Waals surface area contributed by atoms with Crippen LogP contribution in [-0.4, -0.2) is 42.9 Å². The Morgan fingerprint density at radius 3 is 2.62 bits per heavy atom. The van der Waals surface area contributed by atoms with Crippen molar-refractivity contribution in [1.82, 2.24) is 10.2 Å². The average Bonchev–Trinajstić information content (AvgIpc) is 3.06. The number of hydrogen-bond acceptors (Lipinski definition) is 3. The van der Waals surface area contributed by atoms with Gasteiger partial charge in [-0.25, -0.2) is 13.6 Å². The van der Waals surface area contributed by atoms with Gasteiger partial charge in [-0.15, -0.1) is 0 Å². The van der Waals surface area contributed by atoms with E-state index in [-0.39, 0.29) is 18.4 Å². The molecule has 1 amide bonds. The quantitative estimate of drug-likeness (QED) is 0.896. The minimum Gasteiger partial charge on any atom is -0.442 e. The topological polar surface area (TPSA) is 41.6 Å². The van der Waals surface area contributed by atoms with Crippen molar-refractivity contribution in [2.45, 2.75) is 24.7 Å². The Bertz CT molecular complexity index is 797. The molecule has 2 aromatic rings. The first-order chi connectivity index (χ1) is 12.6. The third-order valence-electron chi connectivity index (χ3n) is 5.04. The summed E-state index contributed by atoms with van der Waals surface area (Å²) in [4.78, 5) is 14.4. The molecule has 2 heterocycles. The summed E-state index contributed by atoms with van der Waals surface area (Å²) in [6.07, 6.45) is -1.80. The van der Waals surface area contributed by atoms with Gasteiger partial charge in [0.2, 0.25) is 0 Å². The summed E-state index contributed by atoms with van der Waals surface area (Å²) in [5.74, 6) is -0.329. The van der Waals surface area contributed by atoms with Gasteiger partial charge in [0.1, 0.15) is 11.9 Å². The van der Waals surface area contributed by atoms with Gasteiger partial charge in [-0.05, 0) is 35.2 Å². The van der Waals surface area contributed by atoms with Crippen LogP contribution in [0.2, 0.25) is 0 Å². The van der Waals surface area contributed by atoms with Crippen LogP contribution in [0.5, 0.6) is 0 Å². The van der Waals surface area contributed by atoms with Crippen molar-refractivity contribution in [3.05, 3.63) is 71.0 Å². The van der Waals surface area contributed by atoms with Gasteiger partial charge in [0.05, 0.1) is 6.04 Å². The van der Waals surface area contributed by atoms with Gasteiger partial charge in [0.25, 0.3) is 0 Å². The second-order valence-electron chi connectivity index (χ2n) is 6.69. The van der Waals surface area contributed by atoms with E-state index in [1.165, 1.54) is 12.1 Å². The molecule has 4 rings (SSSR count). The fraction of sp³-hybridized carbons (Fsp3) is 0.350. The number of carbonyl (C=O) groups is 1. The molecule has 2 aromatic carbocycles. The average molecular weight is 358 g/mol. The SMILES string of the molecule is O=C(O[C@@H]1CNC[C@H]1F)N1CCc2ccccc2[C@@H]1c1ccc(F)cc1. The van der Waals surface area contributed by atoms with Crippen LogP contribution >= 0.6 is 0 Å². The predicted octanol–water partition coefficient (Wildman–Crippen LogP) is 3.22. The van der Waals surface area contributed by atoms with Crippen LogP contribution in [0.3, 0.4) is 0 Å². The molecule has 0 spiro atoms. The lowest BCUT2D eigenvalue weighted by atomic mass is 9.88. The molecule has 26 heavy (non-hydrogen) atoms. The molecule has 0 aliphatic carbocycles. The number of nitrogens with one attached hydrogen (secondary N) is 1. The Morgan fingerprint density at radius 1 is 1.12 bits per heavy atom. The number of ether oxygens (including phenoxy) is 1. The first-order valence-electron chi connectivity index (χ1n) is 8.79. The predicted molar refractivity (Wildman–Crippen MR) is 93.1 cm³/mol. The summed E-state index contributed by atoms with van der Waals surface area (Å²) in [5, 5.41) is 2.88. The van der Waals surface area contributed by atoms with Crippen LogP contribution < -0.4 is 5.32 Å². The van der Waals surface area contributed by atoms with Crippen LogP contribution in [0.4, 0.5) is 13.6 Å². The van der Waals surface area contributed by atoms with Crippen LogP contribution in [0.1, 0.15) is 22.7 Å². The highest BCUT2D eigenvalue weighted by atomic mass is 19.1. The van der Waals surface area contributed by atoms with Crippen molar-refractivity contribution in [2.24, 2.45) is 0 Å². The fourth-order valence-corrected chi connectivity index (χ4v) is 3.70. The second kappa shape index (κ2) is 7.03. The van der Waals surface area contributed by atoms with Crippen molar-refractivity contribution < 1.29 is 18.3 Å². The van der Waals surface area contributed by atoms with E-state index in [0.29, 0.717) is 19.5 Å². The molecular weight excluding hydrogens is 338 g/mol. The van der Waals surface area contributed by atoms with Gasteiger partial charge in [0, 0.05) is 19.6 Å². The van der Waals surface area contributed by atoms with Crippen molar-refractivity contribution in [2.75, 3.05) is 19.6 Å². The monoisotopic (exact) mass is 358 g/mol. The molecule has 6 heteroatoms. The zero-order chi connectivity index (χ0) is 18.1. The maximum absolute atomic E-state index is 13.8. The fourth-order valence-electron chi connectivity index (χ4n) is 3.70. The molecule has 0 radical (unpaired) electrons. The highest BCUT2D eigenvalue weighted by Gasteiger charge is 2.36. The summed E-state index contributed by atoms with van der Waals surface area (Å²) < 4.78 is 32.6. The van der Waals surface area contributed by atoms with E-state index < -0.39 is 18.4 Å². The number of hydrogen-bond donors (Lipinski definition) is 1. The normalized spacial score (nSPS) is 25.0. The van der Waals surface area contributed by atoms with E-state index in [2.05, 4.69) is 5.32 Å².